The Morgan fingerprint density at radius 3 is 2.60 bits per heavy atom. The van der Waals surface area contributed by atoms with Gasteiger partial charge in [-0.15, -0.1) is 0 Å². The smallest absolute Gasteiger partial charge is 0.292 e. The standard InChI is InChI=1S/C18H18N4O3/c23-18-13-5-1-2-6-14(13)19-17(20-18)12-7-8-15(16(11-12)22(24)25)21-9-3-4-10-21/h1-2,5-8,11,17,19H,3-4,9-10H2,(H,20,23)/t17-/m0/s1. The molecule has 1 atom stereocenters. The molecular weight excluding hydrogens is 320 g/mol. The fourth-order valence-electron chi connectivity index (χ4n) is 3.47. The van der Waals surface area contributed by atoms with Crippen molar-refractivity contribution in [3.8, 4) is 0 Å². The summed E-state index contributed by atoms with van der Waals surface area (Å²) in [6.45, 7) is 1.68. The number of para-hydroxylation sites is 1. The molecule has 1 saturated heterocycles. The van der Waals surface area contributed by atoms with Gasteiger partial charge in [-0.25, -0.2) is 0 Å². The summed E-state index contributed by atoms with van der Waals surface area (Å²) in [5.41, 5.74) is 2.69. The molecule has 0 unspecified atom stereocenters. The molecule has 0 bridgehead atoms. The lowest BCUT2D eigenvalue weighted by Gasteiger charge is -2.28. The molecule has 0 radical (unpaired) electrons. The zero-order chi connectivity index (χ0) is 17.4. The number of nitro benzene ring substituents is 1. The third kappa shape index (κ3) is 2.77. The maximum atomic E-state index is 12.3. The Hall–Kier alpha value is -3.09. The van der Waals surface area contributed by atoms with Gasteiger partial charge >= 0.3 is 0 Å². The van der Waals surface area contributed by atoms with Crippen molar-refractivity contribution in [2.24, 2.45) is 0 Å². The lowest BCUT2D eigenvalue weighted by atomic mass is 10.0. The molecule has 0 aromatic heterocycles. The minimum atomic E-state index is -0.492. The van der Waals surface area contributed by atoms with Crippen LogP contribution in [0.15, 0.2) is 42.5 Å². The first kappa shape index (κ1) is 15.4. The molecule has 2 aliphatic heterocycles. The number of nitrogens with one attached hydrogen (secondary N) is 2. The molecule has 2 aromatic rings. The van der Waals surface area contributed by atoms with Crippen LogP contribution in [0.5, 0.6) is 0 Å². The van der Waals surface area contributed by atoms with E-state index < -0.39 is 6.17 Å². The Morgan fingerprint density at radius 2 is 1.84 bits per heavy atom. The van der Waals surface area contributed by atoms with E-state index in [0.29, 0.717) is 16.8 Å². The number of hydrogen-bond donors (Lipinski definition) is 2. The van der Waals surface area contributed by atoms with Crippen molar-refractivity contribution in [3.63, 3.8) is 0 Å². The van der Waals surface area contributed by atoms with E-state index in [-0.39, 0.29) is 16.5 Å². The summed E-state index contributed by atoms with van der Waals surface area (Å²) >= 11 is 0. The average Bonchev–Trinajstić information content (AvgIpc) is 3.15. The molecule has 1 fully saturated rings. The molecule has 128 valence electrons. The van der Waals surface area contributed by atoms with E-state index in [1.54, 1.807) is 24.3 Å². The Kier molecular flexibility index (Phi) is 3.76. The van der Waals surface area contributed by atoms with Gasteiger partial charge in [0.15, 0.2) is 0 Å². The minimum absolute atomic E-state index is 0.0781. The number of fused-ring (bicyclic) bond motifs is 1. The van der Waals surface area contributed by atoms with Crippen LogP contribution in [0.4, 0.5) is 17.1 Å². The molecule has 25 heavy (non-hydrogen) atoms. The molecular formula is C18H18N4O3. The second-order valence-electron chi connectivity index (χ2n) is 6.30. The van der Waals surface area contributed by atoms with E-state index in [1.807, 2.05) is 23.1 Å². The van der Waals surface area contributed by atoms with Gasteiger partial charge in [0.05, 0.1) is 10.5 Å². The third-order valence-corrected chi connectivity index (χ3v) is 4.72. The number of benzene rings is 2. The minimum Gasteiger partial charge on any atom is -0.366 e. The van der Waals surface area contributed by atoms with Crippen molar-refractivity contribution in [3.05, 3.63) is 63.7 Å². The first-order chi connectivity index (χ1) is 12.1. The number of nitrogens with zero attached hydrogens (tertiary/aromatic N) is 2. The molecule has 2 N–H and O–H groups in total. The van der Waals surface area contributed by atoms with Crippen LogP contribution in [-0.4, -0.2) is 23.9 Å². The molecule has 0 aliphatic carbocycles. The van der Waals surface area contributed by atoms with E-state index in [2.05, 4.69) is 10.6 Å². The van der Waals surface area contributed by atoms with Crippen molar-refractivity contribution in [1.29, 1.82) is 0 Å². The molecule has 2 aromatic carbocycles. The van der Waals surface area contributed by atoms with Crippen LogP contribution in [-0.2, 0) is 0 Å². The van der Waals surface area contributed by atoms with Crippen molar-refractivity contribution < 1.29 is 9.72 Å². The van der Waals surface area contributed by atoms with Crippen LogP contribution < -0.4 is 15.5 Å². The highest BCUT2D eigenvalue weighted by Gasteiger charge is 2.28. The van der Waals surface area contributed by atoms with Gasteiger partial charge in [0.25, 0.3) is 11.6 Å². The van der Waals surface area contributed by atoms with Crippen molar-refractivity contribution in [2.75, 3.05) is 23.3 Å². The molecule has 2 aliphatic rings. The fraction of sp³-hybridized carbons (Fsp3) is 0.278. The Morgan fingerprint density at radius 1 is 1.08 bits per heavy atom. The SMILES string of the molecule is O=C1N[C@@H](c2ccc(N3CCCC3)c([N+](=O)[O-])c2)Nc2ccccc21. The highest BCUT2D eigenvalue weighted by atomic mass is 16.6. The summed E-state index contributed by atoms with van der Waals surface area (Å²) in [7, 11) is 0. The molecule has 0 spiro atoms. The molecule has 4 rings (SSSR count). The van der Waals surface area contributed by atoms with Crippen LogP contribution in [0.2, 0.25) is 0 Å². The van der Waals surface area contributed by atoms with Gasteiger partial charge in [-0.3, -0.25) is 14.9 Å². The highest BCUT2D eigenvalue weighted by Crippen LogP contribution is 2.34. The Bertz CT molecular complexity index is 846. The summed E-state index contributed by atoms with van der Waals surface area (Å²) in [6.07, 6.45) is 1.61. The van der Waals surface area contributed by atoms with Crippen LogP contribution in [0, 0.1) is 10.1 Å². The summed E-state index contributed by atoms with van der Waals surface area (Å²) in [5, 5.41) is 17.6. The second kappa shape index (κ2) is 6.08. The summed E-state index contributed by atoms with van der Waals surface area (Å²) < 4.78 is 0. The first-order valence-corrected chi connectivity index (χ1v) is 8.33. The number of rotatable bonds is 3. The topological polar surface area (TPSA) is 87.5 Å². The van der Waals surface area contributed by atoms with Gasteiger partial charge in [0.1, 0.15) is 11.9 Å². The van der Waals surface area contributed by atoms with Crippen LogP contribution in [0.1, 0.15) is 34.9 Å². The van der Waals surface area contributed by atoms with Gasteiger partial charge in [0.2, 0.25) is 0 Å². The van der Waals surface area contributed by atoms with Gasteiger partial charge in [-0.05, 0) is 31.0 Å². The molecule has 0 saturated carbocycles. The number of carbonyl (C=O) groups is 1. The predicted octanol–water partition coefficient (Wildman–Crippen LogP) is 3.05. The third-order valence-electron chi connectivity index (χ3n) is 4.72. The average molecular weight is 338 g/mol. The van der Waals surface area contributed by atoms with E-state index >= 15 is 0 Å². The molecule has 7 heteroatoms. The highest BCUT2D eigenvalue weighted by molar-refractivity contribution is 6.01. The maximum absolute atomic E-state index is 12.3. The summed E-state index contributed by atoms with van der Waals surface area (Å²) in [4.78, 5) is 25.5. The van der Waals surface area contributed by atoms with E-state index in [4.69, 9.17) is 0 Å². The van der Waals surface area contributed by atoms with E-state index in [0.717, 1.165) is 31.6 Å². The molecule has 2 heterocycles. The van der Waals surface area contributed by atoms with Gasteiger partial charge < -0.3 is 15.5 Å². The predicted molar refractivity (Wildman–Crippen MR) is 94.8 cm³/mol. The van der Waals surface area contributed by atoms with Crippen molar-refractivity contribution in [2.45, 2.75) is 19.0 Å². The molecule has 7 nitrogen and oxygen atoms in total. The van der Waals surface area contributed by atoms with Crippen molar-refractivity contribution in [1.82, 2.24) is 5.32 Å². The fourth-order valence-corrected chi connectivity index (χ4v) is 3.47. The maximum Gasteiger partial charge on any atom is 0.292 e. The zero-order valence-corrected chi connectivity index (χ0v) is 13.6. The first-order valence-electron chi connectivity index (χ1n) is 8.33. The van der Waals surface area contributed by atoms with Gasteiger partial charge in [0, 0.05) is 30.4 Å². The number of nitro groups is 1. The zero-order valence-electron chi connectivity index (χ0n) is 13.6. The number of carbonyl (C=O) groups excluding carboxylic acids is 1. The van der Waals surface area contributed by atoms with Crippen LogP contribution in [0.3, 0.4) is 0 Å². The van der Waals surface area contributed by atoms with E-state index in [1.165, 1.54) is 0 Å². The van der Waals surface area contributed by atoms with E-state index in [9.17, 15) is 14.9 Å². The lowest BCUT2D eigenvalue weighted by Crippen LogP contribution is -2.38. The number of anilines is 2. The largest absolute Gasteiger partial charge is 0.366 e. The Balaban J connectivity index is 1.68. The lowest BCUT2D eigenvalue weighted by molar-refractivity contribution is -0.384. The number of hydrogen-bond acceptors (Lipinski definition) is 5. The monoisotopic (exact) mass is 338 g/mol. The van der Waals surface area contributed by atoms with Crippen LogP contribution in [0.25, 0.3) is 0 Å². The second-order valence-corrected chi connectivity index (χ2v) is 6.30. The normalized spacial score (nSPS) is 19.1. The van der Waals surface area contributed by atoms with Gasteiger partial charge in [-0.2, -0.15) is 0 Å². The summed E-state index contributed by atoms with van der Waals surface area (Å²) in [5.74, 6) is -0.189. The van der Waals surface area contributed by atoms with Crippen molar-refractivity contribution >= 4 is 23.0 Å². The van der Waals surface area contributed by atoms with Gasteiger partial charge in [-0.1, -0.05) is 18.2 Å². The molecule has 1 amide bonds. The summed E-state index contributed by atoms with van der Waals surface area (Å²) in [6, 6.07) is 12.4. The Labute approximate surface area is 144 Å². The quantitative estimate of drug-likeness (QED) is 0.663. The number of amides is 1. The van der Waals surface area contributed by atoms with Crippen LogP contribution >= 0.6 is 0 Å².